The predicted octanol–water partition coefficient (Wildman–Crippen LogP) is 3.24. The third-order valence-electron chi connectivity index (χ3n) is 4.08. The quantitative estimate of drug-likeness (QED) is 0.828. The average Bonchev–Trinajstić information content (AvgIpc) is 2.88. The number of hydrogen-bond donors (Lipinski definition) is 0. The van der Waals surface area contributed by atoms with Crippen molar-refractivity contribution in [2.45, 2.75) is 32.6 Å². The summed E-state index contributed by atoms with van der Waals surface area (Å²) in [5.41, 5.74) is -0.190. The Morgan fingerprint density at radius 2 is 1.90 bits per heavy atom. The van der Waals surface area contributed by atoms with Crippen LogP contribution in [0.15, 0.2) is 24.3 Å². The standard InChI is InChI=1S/C16H22FNO2/c1-16(9-3-4-10-16)15(19)18(2)11-12-20-14-7-5-13(17)6-8-14/h5-8H,3-4,9-12H2,1-2H3. The van der Waals surface area contributed by atoms with Crippen LogP contribution in [0.2, 0.25) is 0 Å². The van der Waals surface area contributed by atoms with Crippen LogP contribution in [0.25, 0.3) is 0 Å². The Hall–Kier alpha value is -1.58. The van der Waals surface area contributed by atoms with Crippen LogP contribution in [0, 0.1) is 11.2 Å². The van der Waals surface area contributed by atoms with Gasteiger partial charge in [-0.25, -0.2) is 4.39 Å². The summed E-state index contributed by atoms with van der Waals surface area (Å²) in [5, 5.41) is 0. The molecule has 1 aromatic rings. The van der Waals surface area contributed by atoms with E-state index in [-0.39, 0.29) is 17.1 Å². The zero-order valence-corrected chi connectivity index (χ0v) is 12.2. The first-order chi connectivity index (χ1) is 9.51. The molecular weight excluding hydrogens is 257 g/mol. The van der Waals surface area contributed by atoms with Crippen molar-refractivity contribution < 1.29 is 13.9 Å². The molecule has 0 spiro atoms. The summed E-state index contributed by atoms with van der Waals surface area (Å²) in [6, 6.07) is 5.92. The van der Waals surface area contributed by atoms with Gasteiger partial charge in [0.1, 0.15) is 18.2 Å². The van der Waals surface area contributed by atoms with Crippen LogP contribution < -0.4 is 4.74 Å². The van der Waals surface area contributed by atoms with Crippen molar-refractivity contribution in [3.8, 4) is 5.75 Å². The summed E-state index contributed by atoms with van der Waals surface area (Å²) in [4.78, 5) is 14.1. The minimum atomic E-state index is -0.279. The summed E-state index contributed by atoms with van der Waals surface area (Å²) >= 11 is 0. The molecule has 1 amide bonds. The third-order valence-corrected chi connectivity index (χ3v) is 4.08. The van der Waals surface area contributed by atoms with Crippen LogP contribution in [-0.4, -0.2) is 31.0 Å². The number of halogens is 1. The van der Waals surface area contributed by atoms with Gasteiger partial charge in [-0.1, -0.05) is 19.8 Å². The predicted molar refractivity (Wildman–Crippen MR) is 76.1 cm³/mol. The molecule has 0 radical (unpaired) electrons. The molecule has 1 aliphatic carbocycles. The van der Waals surface area contributed by atoms with Gasteiger partial charge in [0.15, 0.2) is 0 Å². The van der Waals surface area contributed by atoms with E-state index >= 15 is 0 Å². The second-order valence-electron chi connectivity index (χ2n) is 5.80. The highest BCUT2D eigenvalue weighted by molar-refractivity contribution is 5.82. The highest BCUT2D eigenvalue weighted by Crippen LogP contribution is 2.38. The third kappa shape index (κ3) is 3.50. The maximum absolute atomic E-state index is 12.7. The maximum atomic E-state index is 12.7. The van der Waals surface area contributed by atoms with Crippen molar-refractivity contribution >= 4 is 5.91 Å². The van der Waals surface area contributed by atoms with E-state index in [0.29, 0.717) is 18.9 Å². The fourth-order valence-corrected chi connectivity index (χ4v) is 2.76. The second-order valence-corrected chi connectivity index (χ2v) is 5.80. The molecule has 1 aromatic carbocycles. The molecule has 4 heteroatoms. The Morgan fingerprint density at radius 3 is 2.50 bits per heavy atom. The molecule has 1 saturated carbocycles. The van der Waals surface area contributed by atoms with Gasteiger partial charge in [-0.3, -0.25) is 4.79 Å². The normalized spacial score (nSPS) is 16.9. The molecular formula is C16H22FNO2. The first-order valence-corrected chi connectivity index (χ1v) is 7.15. The number of benzene rings is 1. The fourth-order valence-electron chi connectivity index (χ4n) is 2.76. The van der Waals surface area contributed by atoms with E-state index in [9.17, 15) is 9.18 Å². The molecule has 1 aliphatic rings. The Morgan fingerprint density at radius 1 is 1.30 bits per heavy atom. The Bertz CT molecular complexity index is 452. The van der Waals surface area contributed by atoms with Gasteiger partial charge in [0.2, 0.25) is 5.91 Å². The molecule has 0 bridgehead atoms. The van der Waals surface area contributed by atoms with Gasteiger partial charge in [-0.05, 0) is 37.1 Å². The molecule has 0 N–H and O–H groups in total. The molecule has 0 aromatic heterocycles. The lowest BCUT2D eigenvalue weighted by molar-refractivity contribution is -0.139. The lowest BCUT2D eigenvalue weighted by Gasteiger charge is -2.28. The molecule has 3 nitrogen and oxygen atoms in total. The fraction of sp³-hybridized carbons (Fsp3) is 0.562. The van der Waals surface area contributed by atoms with Gasteiger partial charge in [0.25, 0.3) is 0 Å². The van der Waals surface area contributed by atoms with Crippen molar-refractivity contribution in [2.24, 2.45) is 5.41 Å². The molecule has 0 atom stereocenters. The van der Waals surface area contributed by atoms with Gasteiger partial charge in [0.05, 0.1) is 6.54 Å². The van der Waals surface area contributed by atoms with E-state index in [1.807, 2.05) is 7.05 Å². The van der Waals surface area contributed by atoms with Crippen LogP contribution in [-0.2, 0) is 4.79 Å². The van der Waals surface area contributed by atoms with Crippen molar-refractivity contribution in [2.75, 3.05) is 20.2 Å². The summed E-state index contributed by atoms with van der Waals surface area (Å²) < 4.78 is 18.3. The average molecular weight is 279 g/mol. The monoisotopic (exact) mass is 279 g/mol. The second kappa shape index (κ2) is 6.25. The van der Waals surface area contributed by atoms with E-state index in [1.165, 1.54) is 12.1 Å². The highest BCUT2D eigenvalue weighted by Gasteiger charge is 2.37. The highest BCUT2D eigenvalue weighted by atomic mass is 19.1. The van der Waals surface area contributed by atoms with Crippen LogP contribution >= 0.6 is 0 Å². The van der Waals surface area contributed by atoms with Crippen molar-refractivity contribution in [3.63, 3.8) is 0 Å². The number of carbonyl (C=O) groups is 1. The lowest BCUT2D eigenvalue weighted by atomic mass is 9.87. The zero-order valence-electron chi connectivity index (χ0n) is 12.2. The number of ether oxygens (including phenoxy) is 1. The first kappa shape index (κ1) is 14.8. The number of rotatable bonds is 5. The molecule has 0 unspecified atom stereocenters. The molecule has 1 fully saturated rings. The van der Waals surface area contributed by atoms with Gasteiger partial charge in [-0.15, -0.1) is 0 Å². The Kier molecular flexibility index (Phi) is 4.63. The SMILES string of the molecule is CN(CCOc1ccc(F)cc1)C(=O)C1(C)CCCC1. The zero-order chi connectivity index (χ0) is 14.6. The van der Waals surface area contributed by atoms with Crippen LogP contribution in [0.3, 0.4) is 0 Å². The van der Waals surface area contributed by atoms with E-state index < -0.39 is 0 Å². The smallest absolute Gasteiger partial charge is 0.228 e. The number of nitrogens with zero attached hydrogens (tertiary/aromatic N) is 1. The number of amides is 1. The summed E-state index contributed by atoms with van der Waals surface area (Å²) in [5.74, 6) is 0.552. The van der Waals surface area contributed by atoms with Gasteiger partial charge >= 0.3 is 0 Å². The van der Waals surface area contributed by atoms with Crippen molar-refractivity contribution in [1.82, 2.24) is 4.90 Å². The minimum Gasteiger partial charge on any atom is -0.492 e. The number of likely N-dealkylation sites (N-methyl/N-ethyl adjacent to an activating group) is 1. The van der Waals surface area contributed by atoms with Crippen LogP contribution in [0.1, 0.15) is 32.6 Å². The minimum absolute atomic E-state index is 0.190. The molecule has 2 rings (SSSR count). The van der Waals surface area contributed by atoms with E-state index in [4.69, 9.17) is 4.74 Å². The number of hydrogen-bond acceptors (Lipinski definition) is 2. The van der Waals surface area contributed by atoms with Gasteiger partial charge in [-0.2, -0.15) is 0 Å². The Labute approximate surface area is 119 Å². The molecule has 0 saturated heterocycles. The first-order valence-electron chi connectivity index (χ1n) is 7.15. The van der Waals surface area contributed by atoms with Crippen LogP contribution in [0.5, 0.6) is 5.75 Å². The summed E-state index contributed by atoms with van der Waals surface area (Å²) in [7, 11) is 1.82. The van der Waals surface area contributed by atoms with E-state index in [2.05, 4.69) is 6.92 Å². The van der Waals surface area contributed by atoms with Crippen molar-refractivity contribution in [3.05, 3.63) is 30.1 Å². The van der Waals surface area contributed by atoms with E-state index in [1.54, 1.807) is 17.0 Å². The molecule has 0 aliphatic heterocycles. The van der Waals surface area contributed by atoms with Gasteiger partial charge < -0.3 is 9.64 Å². The van der Waals surface area contributed by atoms with E-state index in [0.717, 1.165) is 25.7 Å². The van der Waals surface area contributed by atoms with Gasteiger partial charge in [0, 0.05) is 12.5 Å². The van der Waals surface area contributed by atoms with Crippen molar-refractivity contribution in [1.29, 1.82) is 0 Å². The summed E-state index contributed by atoms with van der Waals surface area (Å²) in [6.45, 7) is 3.02. The number of carbonyl (C=O) groups excluding carboxylic acids is 1. The summed E-state index contributed by atoms with van der Waals surface area (Å²) in [6.07, 6.45) is 4.24. The molecule has 0 heterocycles. The molecule has 20 heavy (non-hydrogen) atoms. The Balaban J connectivity index is 1.78. The largest absolute Gasteiger partial charge is 0.492 e. The maximum Gasteiger partial charge on any atom is 0.228 e. The topological polar surface area (TPSA) is 29.5 Å². The lowest BCUT2D eigenvalue weighted by Crippen LogP contribution is -2.40. The van der Waals surface area contributed by atoms with Crippen LogP contribution in [0.4, 0.5) is 4.39 Å². The molecule has 110 valence electrons.